The minimum Gasteiger partial charge on any atom is -0.0622 e. The highest BCUT2D eigenvalue weighted by Crippen LogP contribution is 2.33. The zero-order chi connectivity index (χ0) is 20.8. The predicted octanol–water partition coefficient (Wildman–Crippen LogP) is 7.78. The van der Waals surface area contributed by atoms with Crippen LogP contribution in [-0.2, 0) is 12.8 Å². The van der Waals surface area contributed by atoms with E-state index in [-0.39, 0.29) is 0 Å². The summed E-state index contributed by atoms with van der Waals surface area (Å²) < 4.78 is 0. The van der Waals surface area contributed by atoms with Gasteiger partial charge in [0.15, 0.2) is 0 Å². The maximum Gasteiger partial charge on any atom is 0.0130 e. The Morgan fingerprint density at radius 1 is 0.567 bits per heavy atom. The van der Waals surface area contributed by atoms with Crippen molar-refractivity contribution < 1.29 is 0 Å². The highest BCUT2D eigenvalue weighted by Gasteiger charge is 2.19. The first-order valence-corrected chi connectivity index (χ1v) is 11.0. The topological polar surface area (TPSA) is 0 Å². The first kappa shape index (κ1) is 20.2. The molecule has 0 fully saturated rings. The number of aryl methyl sites for hydroxylation is 1. The molecule has 0 amide bonds. The first-order valence-electron chi connectivity index (χ1n) is 11.0. The molecule has 0 aliphatic carbocycles. The van der Waals surface area contributed by atoms with E-state index in [2.05, 4.69) is 123 Å². The van der Waals surface area contributed by atoms with E-state index in [1.165, 1.54) is 33.4 Å². The second kappa shape index (κ2) is 9.59. The maximum absolute atomic E-state index is 2.32. The van der Waals surface area contributed by atoms with Gasteiger partial charge in [0.2, 0.25) is 0 Å². The second-order valence-corrected chi connectivity index (χ2v) is 8.09. The lowest BCUT2D eigenvalue weighted by Crippen LogP contribution is -2.09. The highest BCUT2D eigenvalue weighted by atomic mass is 14.2. The van der Waals surface area contributed by atoms with Crippen molar-refractivity contribution in [2.24, 2.45) is 0 Å². The SMILES string of the molecule is CCc1ccc(C(Cc2ccccc2C(C)c2ccccc2)c2ccccc2)cc1. The molecule has 0 saturated carbocycles. The van der Waals surface area contributed by atoms with Crippen LogP contribution in [0.4, 0.5) is 0 Å². The van der Waals surface area contributed by atoms with Gasteiger partial charge in [-0.25, -0.2) is 0 Å². The molecule has 0 nitrogen and oxygen atoms in total. The van der Waals surface area contributed by atoms with Crippen LogP contribution >= 0.6 is 0 Å². The molecule has 2 atom stereocenters. The van der Waals surface area contributed by atoms with Crippen LogP contribution in [0.1, 0.15) is 59.1 Å². The van der Waals surface area contributed by atoms with E-state index in [9.17, 15) is 0 Å². The number of hydrogen-bond acceptors (Lipinski definition) is 0. The van der Waals surface area contributed by atoms with E-state index < -0.39 is 0 Å². The van der Waals surface area contributed by atoms with E-state index in [4.69, 9.17) is 0 Å². The average molecular weight is 391 g/mol. The third kappa shape index (κ3) is 4.54. The van der Waals surface area contributed by atoms with Gasteiger partial charge in [-0.1, -0.05) is 123 Å². The summed E-state index contributed by atoms with van der Waals surface area (Å²) >= 11 is 0. The van der Waals surface area contributed by atoms with Crippen molar-refractivity contribution in [2.75, 3.05) is 0 Å². The molecule has 0 spiro atoms. The molecule has 150 valence electrons. The fourth-order valence-electron chi connectivity index (χ4n) is 4.38. The Morgan fingerprint density at radius 2 is 1.10 bits per heavy atom. The van der Waals surface area contributed by atoms with E-state index in [1.807, 2.05) is 0 Å². The molecule has 0 saturated heterocycles. The van der Waals surface area contributed by atoms with Crippen LogP contribution < -0.4 is 0 Å². The van der Waals surface area contributed by atoms with Crippen LogP contribution in [0, 0.1) is 0 Å². The third-order valence-corrected chi connectivity index (χ3v) is 6.24. The van der Waals surface area contributed by atoms with Crippen molar-refractivity contribution in [3.63, 3.8) is 0 Å². The smallest absolute Gasteiger partial charge is 0.0130 e. The van der Waals surface area contributed by atoms with E-state index >= 15 is 0 Å². The zero-order valence-electron chi connectivity index (χ0n) is 18.0. The molecule has 0 radical (unpaired) electrons. The minimum absolute atomic E-state index is 0.348. The van der Waals surface area contributed by atoms with Crippen LogP contribution in [-0.4, -0.2) is 0 Å². The van der Waals surface area contributed by atoms with Gasteiger partial charge in [0.1, 0.15) is 0 Å². The molecule has 4 aromatic carbocycles. The summed E-state index contributed by atoms with van der Waals surface area (Å²) in [5.74, 6) is 0.725. The summed E-state index contributed by atoms with van der Waals surface area (Å²) in [5, 5.41) is 0. The predicted molar refractivity (Wildman–Crippen MR) is 128 cm³/mol. The highest BCUT2D eigenvalue weighted by molar-refractivity contribution is 5.42. The normalized spacial score (nSPS) is 13.0. The molecule has 30 heavy (non-hydrogen) atoms. The number of hydrogen-bond donors (Lipinski definition) is 0. The lowest BCUT2D eigenvalue weighted by atomic mass is 9.81. The molecule has 0 aromatic heterocycles. The van der Waals surface area contributed by atoms with Gasteiger partial charge in [0.25, 0.3) is 0 Å². The standard InChI is InChI=1S/C30H30/c1-3-24-18-20-27(21-19-24)30(26-14-8-5-9-15-26)22-28-16-10-11-17-29(28)23(2)25-12-6-4-7-13-25/h4-21,23,30H,3,22H2,1-2H3. The van der Waals surface area contributed by atoms with Gasteiger partial charge in [-0.3, -0.25) is 0 Å². The molecular formula is C30H30. The van der Waals surface area contributed by atoms with Crippen molar-refractivity contribution >= 4 is 0 Å². The molecule has 0 heteroatoms. The Hall–Kier alpha value is -3.12. The average Bonchev–Trinajstić information content (AvgIpc) is 2.83. The summed E-state index contributed by atoms with van der Waals surface area (Å²) in [6.45, 7) is 4.53. The molecule has 0 bridgehead atoms. The van der Waals surface area contributed by atoms with E-state index in [0.717, 1.165) is 12.8 Å². The van der Waals surface area contributed by atoms with Gasteiger partial charge in [-0.2, -0.15) is 0 Å². The first-order chi connectivity index (χ1) is 14.8. The lowest BCUT2D eigenvalue weighted by molar-refractivity contribution is 0.781. The summed E-state index contributed by atoms with van der Waals surface area (Å²) in [5.41, 5.74) is 8.39. The Balaban J connectivity index is 1.72. The minimum atomic E-state index is 0.348. The Labute approximate surface area is 181 Å². The molecule has 2 unspecified atom stereocenters. The van der Waals surface area contributed by atoms with Crippen LogP contribution in [0.15, 0.2) is 109 Å². The molecule has 0 aliphatic rings. The largest absolute Gasteiger partial charge is 0.0622 e. The quantitative estimate of drug-likeness (QED) is 0.302. The third-order valence-electron chi connectivity index (χ3n) is 6.24. The fraction of sp³-hybridized carbons (Fsp3) is 0.200. The van der Waals surface area contributed by atoms with Crippen molar-refractivity contribution in [3.8, 4) is 0 Å². The number of benzene rings is 4. The summed E-state index contributed by atoms with van der Waals surface area (Å²) in [6, 6.07) is 39.9. The summed E-state index contributed by atoms with van der Waals surface area (Å²) in [4.78, 5) is 0. The molecular weight excluding hydrogens is 360 g/mol. The molecule has 0 aliphatic heterocycles. The summed E-state index contributed by atoms with van der Waals surface area (Å²) in [7, 11) is 0. The zero-order valence-corrected chi connectivity index (χ0v) is 18.0. The Bertz CT molecular complexity index is 1050. The monoisotopic (exact) mass is 390 g/mol. The lowest BCUT2D eigenvalue weighted by Gasteiger charge is -2.23. The summed E-state index contributed by atoms with van der Waals surface area (Å²) in [6.07, 6.45) is 2.08. The van der Waals surface area contributed by atoms with Gasteiger partial charge in [-0.15, -0.1) is 0 Å². The van der Waals surface area contributed by atoms with Crippen molar-refractivity contribution in [1.29, 1.82) is 0 Å². The molecule has 0 heterocycles. The molecule has 4 rings (SSSR count). The van der Waals surface area contributed by atoms with Gasteiger partial charge in [-0.05, 0) is 46.2 Å². The van der Waals surface area contributed by atoms with Gasteiger partial charge >= 0.3 is 0 Å². The maximum atomic E-state index is 2.32. The van der Waals surface area contributed by atoms with E-state index in [0.29, 0.717) is 11.8 Å². The second-order valence-electron chi connectivity index (χ2n) is 8.09. The van der Waals surface area contributed by atoms with Crippen LogP contribution in [0.2, 0.25) is 0 Å². The van der Waals surface area contributed by atoms with Crippen molar-refractivity contribution in [2.45, 2.75) is 38.5 Å². The van der Waals surface area contributed by atoms with Crippen LogP contribution in [0.25, 0.3) is 0 Å². The Morgan fingerprint density at radius 3 is 1.73 bits per heavy atom. The van der Waals surface area contributed by atoms with Crippen LogP contribution in [0.3, 0.4) is 0 Å². The van der Waals surface area contributed by atoms with Crippen molar-refractivity contribution in [3.05, 3.63) is 143 Å². The van der Waals surface area contributed by atoms with Crippen LogP contribution in [0.5, 0.6) is 0 Å². The van der Waals surface area contributed by atoms with E-state index in [1.54, 1.807) is 0 Å². The molecule has 4 aromatic rings. The van der Waals surface area contributed by atoms with Gasteiger partial charge in [0.05, 0.1) is 0 Å². The van der Waals surface area contributed by atoms with Gasteiger partial charge in [0, 0.05) is 11.8 Å². The van der Waals surface area contributed by atoms with Crippen molar-refractivity contribution in [1.82, 2.24) is 0 Å². The van der Waals surface area contributed by atoms with Gasteiger partial charge < -0.3 is 0 Å². The molecule has 0 N–H and O–H groups in total. The number of rotatable bonds is 7. The Kier molecular flexibility index (Phi) is 6.44. The fourth-order valence-corrected chi connectivity index (χ4v) is 4.38.